The van der Waals surface area contributed by atoms with Crippen molar-refractivity contribution >= 4 is 17.5 Å². The minimum Gasteiger partial charge on any atom is -0.497 e. The number of hydrogen-bond donors (Lipinski definition) is 1. The summed E-state index contributed by atoms with van der Waals surface area (Å²) >= 11 is 0. The van der Waals surface area contributed by atoms with Crippen LogP contribution in [0.5, 0.6) is 5.75 Å². The zero-order valence-electron chi connectivity index (χ0n) is 14.7. The lowest BCUT2D eigenvalue weighted by Gasteiger charge is -2.06. The molecule has 0 atom stereocenters. The molecule has 0 radical (unpaired) electrons. The second-order valence-electron chi connectivity index (χ2n) is 5.89. The largest absolute Gasteiger partial charge is 0.497 e. The molecule has 0 unspecified atom stereocenters. The van der Waals surface area contributed by atoms with Gasteiger partial charge in [-0.25, -0.2) is 0 Å². The van der Waals surface area contributed by atoms with Crippen LogP contribution in [0.4, 0.5) is 5.69 Å². The Morgan fingerprint density at radius 3 is 2.27 bits per heavy atom. The number of anilines is 1. The summed E-state index contributed by atoms with van der Waals surface area (Å²) in [5.41, 5.74) is 3.91. The second-order valence-corrected chi connectivity index (χ2v) is 5.89. The van der Waals surface area contributed by atoms with E-state index < -0.39 is 0 Å². The topological polar surface area (TPSA) is 38.3 Å². The van der Waals surface area contributed by atoms with Gasteiger partial charge in [0.15, 0.2) is 5.78 Å². The Kier molecular flexibility index (Phi) is 5.84. The molecule has 0 fully saturated rings. The van der Waals surface area contributed by atoms with Crippen LogP contribution < -0.4 is 10.1 Å². The van der Waals surface area contributed by atoms with Crippen LogP contribution in [0.1, 0.15) is 21.5 Å². The van der Waals surface area contributed by atoms with Gasteiger partial charge in [0.25, 0.3) is 0 Å². The molecule has 0 aliphatic carbocycles. The van der Waals surface area contributed by atoms with Crippen LogP contribution in [-0.2, 0) is 6.54 Å². The molecule has 1 N–H and O–H groups in total. The van der Waals surface area contributed by atoms with Crippen LogP contribution in [0.3, 0.4) is 0 Å². The van der Waals surface area contributed by atoms with E-state index in [0.717, 1.165) is 23.5 Å². The van der Waals surface area contributed by atoms with E-state index in [2.05, 4.69) is 17.4 Å². The molecule has 3 nitrogen and oxygen atoms in total. The molecule has 0 aromatic heterocycles. The Balaban J connectivity index is 1.57. The molecule has 0 spiro atoms. The van der Waals surface area contributed by atoms with Gasteiger partial charge < -0.3 is 10.1 Å². The van der Waals surface area contributed by atoms with Gasteiger partial charge in [-0.1, -0.05) is 48.5 Å². The number of hydrogen-bond acceptors (Lipinski definition) is 3. The Labute approximate surface area is 154 Å². The quantitative estimate of drug-likeness (QED) is 0.473. The number of allylic oxidation sites excluding steroid dienone is 1. The summed E-state index contributed by atoms with van der Waals surface area (Å²) in [5.74, 6) is 0.711. The molecule has 0 saturated carbocycles. The first-order chi connectivity index (χ1) is 12.7. The Bertz CT molecular complexity index is 866. The van der Waals surface area contributed by atoms with Gasteiger partial charge in [-0.05, 0) is 53.6 Å². The number of rotatable bonds is 7. The highest BCUT2D eigenvalue weighted by Gasteiger charge is 2.02. The second kappa shape index (κ2) is 8.67. The van der Waals surface area contributed by atoms with Gasteiger partial charge in [0.2, 0.25) is 0 Å². The highest BCUT2D eigenvalue weighted by atomic mass is 16.5. The lowest BCUT2D eigenvalue weighted by atomic mass is 10.1. The summed E-state index contributed by atoms with van der Waals surface area (Å²) in [5, 5.41) is 3.39. The van der Waals surface area contributed by atoms with E-state index in [4.69, 9.17) is 4.74 Å². The van der Waals surface area contributed by atoms with Crippen LogP contribution in [0.2, 0.25) is 0 Å². The average molecular weight is 343 g/mol. The van der Waals surface area contributed by atoms with Crippen LogP contribution in [0.15, 0.2) is 84.9 Å². The van der Waals surface area contributed by atoms with Crippen molar-refractivity contribution in [1.82, 2.24) is 0 Å². The monoisotopic (exact) mass is 343 g/mol. The molecular weight excluding hydrogens is 322 g/mol. The summed E-state index contributed by atoms with van der Waals surface area (Å²) in [6.07, 6.45) is 3.42. The standard InChI is InChI=1S/C23H21NO2/c1-26-22-14-10-20(11-15-22)23(25)16-9-18-7-12-21(13-8-18)24-17-19-5-3-2-4-6-19/h2-16,24H,17H2,1H3/b16-9+. The number of carbonyl (C=O) groups is 1. The third-order valence-electron chi connectivity index (χ3n) is 4.05. The maximum absolute atomic E-state index is 12.2. The number of nitrogens with one attached hydrogen (secondary N) is 1. The van der Waals surface area contributed by atoms with E-state index in [1.807, 2.05) is 48.5 Å². The van der Waals surface area contributed by atoms with Gasteiger partial charge in [-0.15, -0.1) is 0 Å². The molecule has 3 aromatic rings. The van der Waals surface area contributed by atoms with Gasteiger partial charge in [0, 0.05) is 17.8 Å². The maximum Gasteiger partial charge on any atom is 0.185 e. The fourth-order valence-corrected chi connectivity index (χ4v) is 2.54. The van der Waals surface area contributed by atoms with Crippen molar-refractivity contribution in [1.29, 1.82) is 0 Å². The Morgan fingerprint density at radius 2 is 1.62 bits per heavy atom. The molecule has 0 amide bonds. The molecule has 0 heterocycles. The van der Waals surface area contributed by atoms with Crippen LogP contribution in [0, 0.1) is 0 Å². The Morgan fingerprint density at radius 1 is 0.923 bits per heavy atom. The minimum absolute atomic E-state index is 0.0288. The number of methoxy groups -OCH3 is 1. The van der Waals surface area contributed by atoms with Crippen molar-refractivity contribution in [3.63, 3.8) is 0 Å². The van der Waals surface area contributed by atoms with Gasteiger partial charge in [0.1, 0.15) is 5.75 Å². The van der Waals surface area contributed by atoms with E-state index in [1.54, 1.807) is 37.5 Å². The maximum atomic E-state index is 12.2. The fraction of sp³-hybridized carbons (Fsp3) is 0.0870. The van der Waals surface area contributed by atoms with Crippen molar-refractivity contribution < 1.29 is 9.53 Å². The molecule has 0 aliphatic rings. The highest BCUT2D eigenvalue weighted by molar-refractivity contribution is 6.06. The predicted octanol–water partition coefficient (Wildman–Crippen LogP) is 5.20. The van der Waals surface area contributed by atoms with Crippen molar-refractivity contribution in [3.8, 4) is 5.75 Å². The van der Waals surface area contributed by atoms with E-state index in [-0.39, 0.29) is 5.78 Å². The van der Waals surface area contributed by atoms with Crippen molar-refractivity contribution in [2.45, 2.75) is 6.54 Å². The van der Waals surface area contributed by atoms with E-state index in [9.17, 15) is 4.79 Å². The van der Waals surface area contributed by atoms with E-state index in [0.29, 0.717) is 5.56 Å². The first-order valence-corrected chi connectivity index (χ1v) is 8.49. The number of ketones is 1. The van der Waals surface area contributed by atoms with Gasteiger partial charge >= 0.3 is 0 Å². The zero-order chi connectivity index (χ0) is 18.2. The van der Waals surface area contributed by atoms with Crippen molar-refractivity contribution in [2.24, 2.45) is 0 Å². The third-order valence-corrected chi connectivity index (χ3v) is 4.05. The molecule has 3 aromatic carbocycles. The molecule has 0 bridgehead atoms. The normalized spacial score (nSPS) is 10.7. The summed E-state index contributed by atoms with van der Waals surface area (Å²) < 4.78 is 5.10. The van der Waals surface area contributed by atoms with Crippen LogP contribution in [0.25, 0.3) is 6.08 Å². The molecule has 130 valence electrons. The molecule has 3 heteroatoms. The first kappa shape index (κ1) is 17.5. The smallest absolute Gasteiger partial charge is 0.185 e. The minimum atomic E-state index is -0.0288. The summed E-state index contributed by atoms with van der Waals surface area (Å²) in [7, 11) is 1.61. The van der Waals surface area contributed by atoms with Crippen molar-refractivity contribution in [2.75, 3.05) is 12.4 Å². The molecular formula is C23H21NO2. The number of ether oxygens (including phenoxy) is 1. The van der Waals surface area contributed by atoms with Crippen LogP contribution in [-0.4, -0.2) is 12.9 Å². The first-order valence-electron chi connectivity index (χ1n) is 8.49. The molecule has 0 saturated heterocycles. The lowest BCUT2D eigenvalue weighted by Crippen LogP contribution is -1.98. The predicted molar refractivity (Wildman–Crippen MR) is 107 cm³/mol. The third kappa shape index (κ3) is 4.84. The van der Waals surface area contributed by atoms with Gasteiger partial charge in [-0.3, -0.25) is 4.79 Å². The highest BCUT2D eigenvalue weighted by Crippen LogP contribution is 2.15. The number of carbonyl (C=O) groups excluding carboxylic acids is 1. The van der Waals surface area contributed by atoms with Crippen molar-refractivity contribution in [3.05, 3.63) is 102 Å². The summed E-state index contributed by atoms with van der Waals surface area (Å²) in [6.45, 7) is 0.784. The molecule has 3 rings (SSSR count). The fourth-order valence-electron chi connectivity index (χ4n) is 2.54. The summed E-state index contributed by atoms with van der Waals surface area (Å²) in [4.78, 5) is 12.2. The SMILES string of the molecule is COc1ccc(C(=O)/C=C/c2ccc(NCc3ccccc3)cc2)cc1. The summed E-state index contributed by atoms with van der Waals surface area (Å²) in [6, 6.07) is 25.4. The lowest BCUT2D eigenvalue weighted by molar-refractivity contribution is 0.104. The van der Waals surface area contributed by atoms with Gasteiger partial charge in [-0.2, -0.15) is 0 Å². The van der Waals surface area contributed by atoms with E-state index >= 15 is 0 Å². The molecule has 26 heavy (non-hydrogen) atoms. The van der Waals surface area contributed by atoms with Crippen LogP contribution >= 0.6 is 0 Å². The average Bonchev–Trinajstić information content (AvgIpc) is 2.72. The Hall–Kier alpha value is -3.33. The zero-order valence-corrected chi connectivity index (χ0v) is 14.7. The van der Waals surface area contributed by atoms with E-state index in [1.165, 1.54) is 5.56 Å². The molecule has 0 aliphatic heterocycles. The number of benzene rings is 3. The van der Waals surface area contributed by atoms with Gasteiger partial charge in [0.05, 0.1) is 7.11 Å².